The zero-order valence-electron chi connectivity index (χ0n) is 22.8. The summed E-state index contributed by atoms with van der Waals surface area (Å²) in [5.41, 5.74) is 1.50. The highest BCUT2D eigenvalue weighted by molar-refractivity contribution is 6.01. The van der Waals surface area contributed by atoms with Crippen molar-refractivity contribution in [3.05, 3.63) is 72.3 Å². The number of carbonyl (C=O) groups excluding carboxylic acids is 3. The van der Waals surface area contributed by atoms with Gasteiger partial charge in [-0.05, 0) is 55.5 Å². The van der Waals surface area contributed by atoms with Crippen LogP contribution in [-0.4, -0.2) is 60.2 Å². The van der Waals surface area contributed by atoms with Crippen molar-refractivity contribution in [3.63, 3.8) is 0 Å². The molecule has 8 heteroatoms. The normalized spacial score (nSPS) is 24.7. The number of benzene rings is 2. The lowest BCUT2D eigenvalue weighted by atomic mass is 9.69. The summed E-state index contributed by atoms with van der Waals surface area (Å²) < 4.78 is 10.7. The summed E-state index contributed by atoms with van der Waals surface area (Å²) in [7, 11) is 1.57. The molecule has 2 amide bonds. The van der Waals surface area contributed by atoms with Gasteiger partial charge in [-0.1, -0.05) is 55.8 Å². The fourth-order valence-corrected chi connectivity index (χ4v) is 6.04. The van der Waals surface area contributed by atoms with E-state index in [0.717, 1.165) is 18.4 Å². The Bertz CT molecular complexity index is 1170. The highest BCUT2D eigenvalue weighted by Crippen LogP contribution is 2.46. The van der Waals surface area contributed by atoms with Crippen LogP contribution in [0.5, 0.6) is 5.75 Å². The lowest BCUT2D eigenvalue weighted by Gasteiger charge is -2.34. The average molecular weight is 535 g/mol. The molecule has 2 N–H and O–H groups in total. The molecule has 1 aliphatic carbocycles. The topological polar surface area (TPSA) is 105 Å². The maximum atomic E-state index is 14.2. The van der Waals surface area contributed by atoms with Crippen LogP contribution in [0.1, 0.15) is 32.3 Å². The maximum absolute atomic E-state index is 14.2. The van der Waals surface area contributed by atoms with Crippen LogP contribution in [-0.2, 0) is 25.5 Å². The van der Waals surface area contributed by atoms with Crippen molar-refractivity contribution >= 4 is 23.5 Å². The molecule has 2 aromatic carbocycles. The fourth-order valence-electron chi connectivity index (χ4n) is 6.04. The zero-order chi connectivity index (χ0) is 27.9. The molecule has 0 bridgehead atoms. The molecule has 4 rings (SSSR count). The second-order valence-electron chi connectivity index (χ2n) is 10.2. The number of nitrogens with zero attached hydrogens (tertiary/aromatic N) is 1. The van der Waals surface area contributed by atoms with Gasteiger partial charge in [0.15, 0.2) is 0 Å². The zero-order valence-corrected chi connectivity index (χ0v) is 22.8. The summed E-state index contributed by atoms with van der Waals surface area (Å²) in [5, 5.41) is 13.4. The van der Waals surface area contributed by atoms with E-state index in [9.17, 15) is 19.5 Å². The lowest BCUT2D eigenvalue weighted by Crippen LogP contribution is -2.51. The van der Waals surface area contributed by atoms with E-state index in [0.29, 0.717) is 17.9 Å². The number of methoxy groups -OCH3 is 1. The van der Waals surface area contributed by atoms with E-state index in [4.69, 9.17) is 9.47 Å². The summed E-state index contributed by atoms with van der Waals surface area (Å²) in [6.07, 6.45) is 5.85. The number of allylic oxidation sites excluding steroid dienone is 1. The Morgan fingerprint density at radius 1 is 1.05 bits per heavy atom. The number of hydrogen-bond acceptors (Lipinski definition) is 6. The molecule has 2 aliphatic rings. The molecule has 0 unspecified atom stereocenters. The maximum Gasteiger partial charge on any atom is 0.310 e. The molecule has 0 saturated carbocycles. The Balaban J connectivity index is 1.73. The minimum absolute atomic E-state index is 0.161. The van der Waals surface area contributed by atoms with Crippen LogP contribution < -0.4 is 10.1 Å². The van der Waals surface area contributed by atoms with Crippen LogP contribution in [0.25, 0.3) is 0 Å². The van der Waals surface area contributed by atoms with E-state index < -0.39 is 35.8 Å². The van der Waals surface area contributed by atoms with Gasteiger partial charge < -0.3 is 24.8 Å². The lowest BCUT2D eigenvalue weighted by molar-refractivity contribution is -0.156. The molecule has 1 aliphatic heterocycles. The van der Waals surface area contributed by atoms with Crippen LogP contribution in [0, 0.1) is 23.7 Å². The number of fused-ring (bicyclic) bond motifs is 1. The summed E-state index contributed by atoms with van der Waals surface area (Å²) in [6, 6.07) is 15.0. The predicted molar refractivity (Wildman–Crippen MR) is 148 cm³/mol. The van der Waals surface area contributed by atoms with E-state index >= 15 is 0 Å². The second kappa shape index (κ2) is 12.9. The molecule has 1 heterocycles. The fraction of sp³-hybridized carbons (Fsp3) is 0.452. The number of aliphatic hydroxyl groups is 1. The van der Waals surface area contributed by atoms with E-state index in [-0.39, 0.29) is 30.9 Å². The molecule has 0 spiro atoms. The van der Waals surface area contributed by atoms with Crippen LogP contribution >= 0.6 is 0 Å². The number of aliphatic hydroxyl groups excluding tert-OH is 1. The smallest absolute Gasteiger partial charge is 0.310 e. The van der Waals surface area contributed by atoms with E-state index in [1.807, 2.05) is 49.4 Å². The molecule has 6 atom stereocenters. The molecule has 0 aromatic heterocycles. The molecule has 208 valence electrons. The third-order valence-electron chi connectivity index (χ3n) is 7.77. The first kappa shape index (κ1) is 28.4. The van der Waals surface area contributed by atoms with E-state index in [2.05, 4.69) is 5.32 Å². The molecule has 1 saturated heterocycles. The molecule has 39 heavy (non-hydrogen) atoms. The quantitative estimate of drug-likeness (QED) is 0.335. The monoisotopic (exact) mass is 534 g/mol. The largest absolute Gasteiger partial charge is 0.497 e. The molecule has 2 aromatic rings. The SMILES string of the molecule is CCC[C@@H]1C=C[C@H]2[C@H](C(=O)N([C@@H](CO)Cc3ccccc3)[C@@H]2C(=O)Nc2ccc(OC)cc2)[C@@H]1C(=O)OCC. The van der Waals surface area contributed by atoms with E-state index in [1.54, 1.807) is 38.3 Å². The van der Waals surface area contributed by atoms with Crippen LogP contribution in [0.3, 0.4) is 0 Å². The van der Waals surface area contributed by atoms with Crippen LogP contribution in [0.4, 0.5) is 5.69 Å². The molecular weight excluding hydrogens is 496 g/mol. The van der Waals surface area contributed by atoms with Crippen molar-refractivity contribution in [2.24, 2.45) is 23.7 Å². The van der Waals surface area contributed by atoms with Gasteiger partial charge in [0.2, 0.25) is 11.8 Å². The van der Waals surface area contributed by atoms with Crippen molar-refractivity contribution in [2.45, 2.75) is 45.2 Å². The number of nitrogens with one attached hydrogen (secondary N) is 1. The Morgan fingerprint density at radius 3 is 2.38 bits per heavy atom. The number of anilines is 1. The first-order valence-corrected chi connectivity index (χ1v) is 13.7. The highest BCUT2D eigenvalue weighted by Gasteiger charge is 2.58. The van der Waals surface area contributed by atoms with E-state index in [1.165, 1.54) is 4.90 Å². The molecule has 1 fully saturated rings. The van der Waals surface area contributed by atoms with Gasteiger partial charge in [0.05, 0.1) is 38.2 Å². The molecular formula is C31H38N2O6. The number of amides is 2. The summed E-state index contributed by atoms with van der Waals surface area (Å²) in [4.78, 5) is 42.9. The third-order valence-corrected chi connectivity index (χ3v) is 7.77. The minimum Gasteiger partial charge on any atom is -0.497 e. The Kier molecular flexibility index (Phi) is 9.41. The number of hydrogen-bond donors (Lipinski definition) is 2. The first-order valence-electron chi connectivity index (χ1n) is 13.7. The predicted octanol–water partition coefficient (Wildman–Crippen LogP) is 3.85. The number of likely N-dealkylation sites (tertiary alicyclic amines) is 1. The summed E-state index contributed by atoms with van der Waals surface area (Å²) in [6.45, 7) is 3.68. The Hall–Kier alpha value is -3.65. The van der Waals surface area contributed by atoms with Crippen LogP contribution in [0.15, 0.2) is 66.7 Å². The first-order chi connectivity index (χ1) is 18.9. The van der Waals surface area contributed by atoms with Gasteiger partial charge in [-0.15, -0.1) is 0 Å². The highest BCUT2D eigenvalue weighted by atomic mass is 16.5. The minimum atomic E-state index is -0.902. The van der Waals surface area contributed by atoms with Gasteiger partial charge >= 0.3 is 5.97 Å². The van der Waals surface area contributed by atoms with Crippen molar-refractivity contribution in [3.8, 4) is 5.75 Å². The Labute approximate surface area is 230 Å². The van der Waals surface area contributed by atoms with Gasteiger partial charge in [-0.25, -0.2) is 0 Å². The summed E-state index contributed by atoms with van der Waals surface area (Å²) >= 11 is 0. The summed E-state index contributed by atoms with van der Waals surface area (Å²) in [5.74, 6) is -2.56. The average Bonchev–Trinajstić information content (AvgIpc) is 3.25. The third kappa shape index (κ3) is 6.01. The van der Waals surface area contributed by atoms with Gasteiger partial charge in [-0.3, -0.25) is 14.4 Å². The Morgan fingerprint density at radius 2 is 1.77 bits per heavy atom. The van der Waals surface area contributed by atoms with Gasteiger partial charge in [0.25, 0.3) is 0 Å². The van der Waals surface area contributed by atoms with Crippen molar-refractivity contribution in [1.82, 2.24) is 4.90 Å². The van der Waals surface area contributed by atoms with Gasteiger partial charge in [0.1, 0.15) is 11.8 Å². The number of esters is 1. The number of carbonyl (C=O) groups is 3. The van der Waals surface area contributed by atoms with Crippen molar-refractivity contribution < 1.29 is 29.0 Å². The van der Waals surface area contributed by atoms with Crippen molar-refractivity contribution in [2.75, 3.05) is 25.6 Å². The molecule has 0 radical (unpaired) electrons. The van der Waals surface area contributed by atoms with Gasteiger partial charge in [-0.2, -0.15) is 0 Å². The number of rotatable bonds is 11. The number of ether oxygens (including phenoxy) is 2. The molecule has 8 nitrogen and oxygen atoms in total. The standard InChI is InChI=1S/C31H38N2O6/c1-4-9-21-12-17-25-27(26(21)31(37)39-5-2)30(36)33(23(19-34)18-20-10-7-6-8-11-20)28(25)29(35)32-22-13-15-24(38-3)16-14-22/h6-8,10-17,21,23,25-28,34H,4-5,9,18-19H2,1-3H3,(H,32,35)/t21-,23-,25+,26-,27+,28+/m1/s1. The second-order valence-corrected chi connectivity index (χ2v) is 10.2. The van der Waals surface area contributed by atoms with Crippen LogP contribution in [0.2, 0.25) is 0 Å². The van der Waals surface area contributed by atoms with Gasteiger partial charge in [0, 0.05) is 11.6 Å². The van der Waals surface area contributed by atoms with Crippen molar-refractivity contribution in [1.29, 1.82) is 0 Å².